The largest absolute Gasteiger partial charge is 0.508 e. The molecule has 0 aromatic heterocycles. The maximum atomic E-state index is 12.2. The van der Waals surface area contributed by atoms with E-state index in [0.717, 1.165) is 6.29 Å². The van der Waals surface area contributed by atoms with Crippen molar-refractivity contribution in [1.82, 2.24) is 0 Å². The summed E-state index contributed by atoms with van der Waals surface area (Å²) in [5.74, 6) is -4.36. The Morgan fingerprint density at radius 1 is 0.453 bits per heavy atom. The Hall–Kier alpha value is -8.25. The standard InChI is InChI=1S/C52H42O12/c1-62-46-22-43(57)36-18-34(46)16-33-17-35(42(56)21-41(33)55)49(31-12-14-32(15-13-31)52(60)61)37-19-40(48(64-3)23-44(37)58)51(30-10-6-28(26-54)7-11-30)38-20-39(47(63-2)24-45(38)59)50(36)29-8-4-27(25-53)5-9-29/h4-15,17-26,49-51,55-59H,16H2,1-3H3,(H,60,61)/t49-,50?,51?/m1/s1. The summed E-state index contributed by atoms with van der Waals surface area (Å²) in [4.78, 5) is 35.7. The summed E-state index contributed by atoms with van der Waals surface area (Å²) in [6.45, 7) is 0. The molecule has 0 radical (unpaired) electrons. The van der Waals surface area contributed by atoms with Crippen LogP contribution in [0.5, 0.6) is 46.0 Å². The van der Waals surface area contributed by atoms with Gasteiger partial charge in [0, 0.05) is 92.9 Å². The highest BCUT2D eigenvalue weighted by Crippen LogP contribution is 2.52. The smallest absolute Gasteiger partial charge is 0.335 e. The fourth-order valence-electron chi connectivity index (χ4n) is 8.82. The molecule has 0 fully saturated rings. The molecule has 0 spiro atoms. The van der Waals surface area contributed by atoms with Gasteiger partial charge in [0.1, 0.15) is 58.6 Å². The lowest BCUT2D eigenvalue weighted by Crippen LogP contribution is -2.13. The van der Waals surface area contributed by atoms with Crippen LogP contribution in [0.15, 0.2) is 121 Å². The number of aldehydes is 2. The number of rotatable bonds is 9. The van der Waals surface area contributed by atoms with Crippen LogP contribution in [0.2, 0.25) is 0 Å². The first-order valence-electron chi connectivity index (χ1n) is 20.1. The summed E-state index contributed by atoms with van der Waals surface area (Å²) in [5, 5.41) is 69.2. The summed E-state index contributed by atoms with van der Waals surface area (Å²) >= 11 is 0. The lowest BCUT2D eigenvalue weighted by Gasteiger charge is -2.29. The van der Waals surface area contributed by atoms with E-state index in [9.17, 15) is 45.0 Å². The van der Waals surface area contributed by atoms with Crippen molar-refractivity contribution in [3.8, 4) is 46.0 Å². The zero-order valence-corrected chi connectivity index (χ0v) is 34.8. The van der Waals surface area contributed by atoms with Gasteiger partial charge in [-0.05, 0) is 64.2 Å². The number of carboxylic acids is 1. The van der Waals surface area contributed by atoms with Crippen molar-refractivity contribution in [2.24, 2.45) is 0 Å². The van der Waals surface area contributed by atoms with Crippen LogP contribution >= 0.6 is 0 Å². The Kier molecular flexibility index (Phi) is 11.4. The number of fused-ring (bicyclic) bond motifs is 8. The lowest BCUT2D eigenvalue weighted by molar-refractivity contribution is 0.0696. The summed E-state index contributed by atoms with van der Waals surface area (Å²) < 4.78 is 17.7. The molecular weight excluding hydrogens is 817 g/mol. The van der Waals surface area contributed by atoms with E-state index in [4.69, 9.17) is 14.2 Å². The van der Waals surface area contributed by atoms with E-state index in [0.29, 0.717) is 67.5 Å². The van der Waals surface area contributed by atoms with Gasteiger partial charge < -0.3 is 44.8 Å². The molecule has 12 nitrogen and oxygen atoms in total. The van der Waals surface area contributed by atoms with E-state index in [-0.39, 0.29) is 69.1 Å². The quantitative estimate of drug-likeness (QED) is 0.0754. The van der Waals surface area contributed by atoms with Crippen LogP contribution in [0, 0.1) is 0 Å². The first-order valence-corrected chi connectivity index (χ1v) is 20.1. The number of hydrogen-bond acceptors (Lipinski definition) is 11. The Morgan fingerprint density at radius 3 is 1.22 bits per heavy atom. The number of benzene rings is 7. The molecule has 1 aliphatic rings. The topological polar surface area (TPSA) is 200 Å². The molecule has 1 aliphatic carbocycles. The molecule has 0 saturated carbocycles. The maximum Gasteiger partial charge on any atom is 0.335 e. The van der Waals surface area contributed by atoms with E-state index >= 15 is 0 Å². The van der Waals surface area contributed by atoms with Crippen LogP contribution in [0.1, 0.15) is 110 Å². The van der Waals surface area contributed by atoms with Gasteiger partial charge in [-0.1, -0.05) is 60.7 Å². The summed E-state index contributed by atoms with van der Waals surface area (Å²) in [5.41, 5.74) is 5.48. The number of carbonyl (C=O) groups is 3. The Bertz CT molecular complexity index is 2940. The number of aromatic carboxylic acids is 1. The predicted molar refractivity (Wildman–Crippen MR) is 236 cm³/mol. The third-order valence-electron chi connectivity index (χ3n) is 12.0. The van der Waals surface area contributed by atoms with E-state index in [1.165, 1.54) is 57.7 Å². The molecule has 0 amide bonds. The van der Waals surface area contributed by atoms with E-state index in [2.05, 4.69) is 0 Å². The number of carbonyl (C=O) groups excluding carboxylic acids is 2. The third-order valence-corrected chi connectivity index (χ3v) is 12.0. The average molecular weight is 859 g/mol. The number of aromatic hydroxyl groups is 5. The van der Waals surface area contributed by atoms with Gasteiger partial charge in [0.05, 0.1) is 26.9 Å². The first-order chi connectivity index (χ1) is 30.9. The van der Waals surface area contributed by atoms with Crippen LogP contribution in [0.4, 0.5) is 0 Å². The van der Waals surface area contributed by atoms with Gasteiger partial charge in [-0.2, -0.15) is 0 Å². The SMILES string of the molecule is COc1cc(O)c2cc1Cc1cc(c(O)cc1O)[C@@H](c1ccc(C(=O)O)cc1)c1cc(c(OC)cc1O)C(c1ccc(C=O)cc1)c1cc(c(OC)cc1O)C2c1ccc(C=O)cc1. The molecule has 0 saturated heterocycles. The summed E-state index contributed by atoms with van der Waals surface area (Å²) in [7, 11) is 4.33. The van der Waals surface area contributed by atoms with Gasteiger partial charge in [0.2, 0.25) is 0 Å². The molecule has 322 valence electrons. The molecule has 0 aliphatic heterocycles. The van der Waals surface area contributed by atoms with Crippen LogP contribution in [0.3, 0.4) is 0 Å². The summed E-state index contributed by atoms with van der Waals surface area (Å²) in [6, 6.07) is 31.9. The number of carboxylic acid groups (broad SMARTS) is 1. The zero-order valence-electron chi connectivity index (χ0n) is 34.8. The van der Waals surface area contributed by atoms with E-state index in [1.807, 2.05) is 0 Å². The molecule has 7 aromatic carbocycles. The zero-order chi connectivity index (χ0) is 45.4. The minimum atomic E-state index is -1.15. The predicted octanol–water partition coefficient (Wildman–Crippen LogP) is 9.01. The lowest BCUT2D eigenvalue weighted by atomic mass is 9.76. The van der Waals surface area contributed by atoms with Crippen LogP contribution in [0.25, 0.3) is 0 Å². The number of phenols is 5. The number of methoxy groups -OCH3 is 3. The third kappa shape index (κ3) is 7.66. The normalized spacial score (nSPS) is 15.5. The van der Waals surface area contributed by atoms with Gasteiger partial charge in [-0.3, -0.25) is 9.59 Å². The molecule has 0 heterocycles. The highest BCUT2D eigenvalue weighted by Gasteiger charge is 2.34. The van der Waals surface area contributed by atoms with Crippen molar-refractivity contribution < 1.29 is 59.2 Å². The van der Waals surface area contributed by atoms with Gasteiger partial charge in [0.15, 0.2) is 0 Å². The van der Waals surface area contributed by atoms with Crippen molar-refractivity contribution in [1.29, 1.82) is 0 Å². The van der Waals surface area contributed by atoms with Crippen LogP contribution < -0.4 is 14.2 Å². The second-order valence-electron chi connectivity index (χ2n) is 15.5. The molecule has 6 N–H and O–H groups in total. The van der Waals surface area contributed by atoms with Crippen molar-refractivity contribution in [2.75, 3.05) is 21.3 Å². The van der Waals surface area contributed by atoms with Crippen molar-refractivity contribution in [3.05, 3.63) is 199 Å². The minimum absolute atomic E-state index is 0.00468. The van der Waals surface area contributed by atoms with Crippen molar-refractivity contribution in [3.63, 3.8) is 0 Å². The molecule has 64 heavy (non-hydrogen) atoms. The van der Waals surface area contributed by atoms with Crippen molar-refractivity contribution in [2.45, 2.75) is 24.2 Å². The molecule has 3 atom stereocenters. The van der Waals surface area contributed by atoms with Gasteiger partial charge in [-0.15, -0.1) is 0 Å². The highest BCUT2D eigenvalue weighted by atomic mass is 16.5. The number of hydrogen-bond donors (Lipinski definition) is 6. The fourth-order valence-corrected chi connectivity index (χ4v) is 8.82. The molecular formula is C52H42O12. The monoisotopic (exact) mass is 858 g/mol. The van der Waals surface area contributed by atoms with Gasteiger partial charge in [-0.25, -0.2) is 4.79 Å². The second-order valence-corrected chi connectivity index (χ2v) is 15.5. The molecule has 12 heteroatoms. The van der Waals surface area contributed by atoms with Crippen molar-refractivity contribution >= 4 is 18.5 Å². The Morgan fingerprint density at radius 2 is 0.812 bits per heavy atom. The Labute approximate surface area is 367 Å². The Balaban J connectivity index is 1.55. The van der Waals surface area contributed by atoms with Gasteiger partial charge >= 0.3 is 5.97 Å². The van der Waals surface area contributed by atoms with Crippen LogP contribution in [-0.4, -0.2) is 70.5 Å². The van der Waals surface area contributed by atoms with Crippen LogP contribution in [-0.2, 0) is 6.42 Å². The number of ether oxygens (including phenoxy) is 3. The number of phenolic OH excluding ortho intramolecular Hbond substituents is 5. The van der Waals surface area contributed by atoms with Gasteiger partial charge in [0.25, 0.3) is 0 Å². The average Bonchev–Trinajstić information content (AvgIpc) is 3.30. The van der Waals surface area contributed by atoms with E-state index < -0.39 is 23.7 Å². The van der Waals surface area contributed by atoms with E-state index in [1.54, 1.807) is 84.9 Å². The molecule has 2 unspecified atom stereocenters. The molecule has 7 aromatic rings. The highest BCUT2D eigenvalue weighted by molar-refractivity contribution is 5.87. The first kappa shape index (κ1) is 42.4. The second kappa shape index (κ2) is 17.3. The minimum Gasteiger partial charge on any atom is -0.508 e. The maximum absolute atomic E-state index is 12.2. The molecule has 8 bridgehead atoms. The fraction of sp³-hybridized carbons (Fsp3) is 0.135. The molecule has 8 rings (SSSR count). The summed E-state index contributed by atoms with van der Waals surface area (Å²) in [6.07, 6.45) is 1.44.